The molecule has 1 heterocycles. The van der Waals surface area contributed by atoms with Gasteiger partial charge in [-0.3, -0.25) is 0 Å². The van der Waals surface area contributed by atoms with Gasteiger partial charge in [0.2, 0.25) is 4.13 Å². The molecule has 1 aromatic carbocycles. The van der Waals surface area contributed by atoms with Crippen molar-refractivity contribution in [2.24, 2.45) is 0 Å². The molecule has 198 valence electrons. The van der Waals surface area contributed by atoms with Gasteiger partial charge in [0, 0.05) is 44.7 Å². The maximum atomic E-state index is 6.74. The lowest BCUT2D eigenvalue weighted by Crippen LogP contribution is -2.63. The van der Waals surface area contributed by atoms with Crippen LogP contribution >= 0.6 is 15.9 Å². The Hall–Kier alpha value is -1.32. The lowest BCUT2D eigenvalue weighted by Gasteiger charge is -2.40. The molecule has 0 radical (unpaired) electrons. The minimum Gasteiger partial charge on any atom is -0.490 e. The van der Waals surface area contributed by atoms with Crippen LogP contribution in [0.5, 0.6) is 11.5 Å². The predicted molar refractivity (Wildman–Crippen MR) is 150 cm³/mol. The first kappa shape index (κ1) is 29.9. The first-order valence-corrected chi connectivity index (χ1v) is 15.4. The summed E-state index contributed by atoms with van der Waals surface area (Å²) in [6.45, 7) is 9.00. The summed E-state index contributed by atoms with van der Waals surface area (Å²) in [6, 6.07) is 3.96. The number of hydrogen-bond acceptors (Lipinski definition) is 6. The van der Waals surface area contributed by atoms with Crippen LogP contribution in [0.15, 0.2) is 30.5 Å². The van der Waals surface area contributed by atoms with Crippen LogP contribution in [0.4, 0.5) is 5.69 Å². The number of nitrogens with one attached hydrogen (secondary N) is 1. The van der Waals surface area contributed by atoms with Gasteiger partial charge in [-0.15, -0.1) is 0 Å². The fourth-order valence-electron chi connectivity index (χ4n) is 4.35. The highest BCUT2D eigenvalue weighted by molar-refractivity contribution is 9.10. The van der Waals surface area contributed by atoms with Crippen molar-refractivity contribution in [3.63, 3.8) is 0 Å². The molecule has 0 fully saturated rings. The number of hydrogen-bond donors (Lipinski definition) is 1. The molecule has 1 N–H and O–H groups in total. The van der Waals surface area contributed by atoms with Gasteiger partial charge >= 0.3 is 8.80 Å². The standard InChI is InChI=1S/C27H44BrNO5Si/c1-7-9-10-11-12-13-14-15-21-33-25-19-18-24-23(17-16-22(3)29-24)26(25)34-27(28,20-8-2)35(30-4,31-5)32-6/h16-19,29H,3,7-15,20-21H2,1-2,4-6H3. The topological polar surface area (TPSA) is 58.2 Å². The number of benzene rings is 1. The molecule has 2 rings (SSSR count). The van der Waals surface area contributed by atoms with Gasteiger partial charge in [-0.1, -0.05) is 71.8 Å². The van der Waals surface area contributed by atoms with Gasteiger partial charge in [-0.2, -0.15) is 0 Å². The fraction of sp³-hybridized carbons (Fsp3) is 0.630. The largest absolute Gasteiger partial charge is 0.558 e. The number of allylic oxidation sites excluding steroid dienone is 1. The van der Waals surface area contributed by atoms with Gasteiger partial charge in [0.15, 0.2) is 11.5 Å². The molecule has 0 amide bonds. The van der Waals surface area contributed by atoms with Crippen LogP contribution < -0.4 is 14.8 Å². The second-order valence-electron chi connectivity index (χ2n) is 8.91. The van der Waals surface area contributed by atoms with Crippen LogP contribution in [0.3, 0.4) is 0 Å². The highest BCUT2D eigenvalue weighted by Gasteiger charge is 2.61. The average molecular weight is 571 g/mol. The van der Waals surface area contributed by atoms with Gasteiger partial charge in [-0.25, -0.2) is 0 Å². The van der Waals surface area contributed by atoms with E-state index in [2.05, 4.69) is 41.7 Å². The zero-order valence-electron chi connectivity index (χ0n) is 22.2. The van der Waals surface area contributed by atoms with Crippen molar-refractivity contribution in [3.8, 4) is 11.5 Å². The summed E-state index contributed by atoms with van der Waals surface area (Å²) < 4.78 is 29.5. The Bertz CT molecular complexity index is 822. The molecule has 0 bridgehead atoms. The van der Waals surface area contributed by atoms with Crippen LogP contribution in [-0.4, -0.2) is 40.9 Å². The Morgan fingerprint density at radius 1 is 0.886 bits per heavy atom. The van der Waals surface area contributed by atoms with Crippen LogP contribution in [0, 0.1) is 0 Å². The van der Waals surface area contributed by atoms with Crippen molar-refractivity contribution in [1.29, 1.82) is 0 Å². The van der Waals surface area contributed by atoms with Gasteiger partial charge in [0.1, 0.15) is 0 Å². The second-order valence-corrected chi connectivity index (χ2v) is 14.1. The third-order valence-corrected chi connectivity index (χ3v) is 11.2. The minimum atomic E-state index is -3.24. The zero-order valence-corrected chi connectivity index (χ0v) is 24.8. The molecule has 1 aliphatic rings. The van der Waals surface area contributed by atoms with Gasteiger partial charge in [0.05, 0.1) is 6.61 Å². The summed E-state index contributed by atoms with van der Waals surface area (Å²) in [6.07, 6.45) is 15.4. The fourth-order valence-corrected chi connectivity index (χ4v) is 8.56. The molecule has 0 saturated carbocycles. The van der Waals surface area contributed by atoms with E-state index in [-0.39, 0.29) is 0 Å². The van der Waals surface area contributed by atoms with E-state index in [1.807, 2.05) is 24.3 Å². The third kappa shape index (κ3) is 7.83. The summed E-state index contributed by atoms with van der Waals surface area (Å²) >= 11 is 3.84. The normalized spacial score (nSPS) is 14.9. The maximum Gasteiger partial charge on any atom is 0.558 e. The summed E-state index contributed by atoms with van der Waals surface area (Å²) in [7, 11) is 1.55. The third-order valence-electron chi connectivity index (χ3n) is 6.26. The first-order chi connectivity index (χ1) is 16.9. The summed E-state index contributed by atoms with van der Waals surface area (Å²) in [5.41, 5.74) is 2.64. The van der Waals surface area contributed by atoms with Crippen molar-refractivity contribution in [3.05, 3.63) is 36.0 Å². The minimum absolute atomic E-state index is 0.625. The number of halogens is 1. The van der Waals surface area contributed by atoms with E-state index in [9.17, 15) is 0 Å². The number of ether oxygens (including phenoxy) is 2. The quantitative estimate of drug-likeness (QED) is 0.110. The second kappa shape index (κ2) is 15.0. The van der Waals surface area contributed by atoms with Gasteiger partial charge in [0.25, 0.3) is 0 Å². The number of rotatable bonds is 18. The number of unbranched alkanes of at least 4 members (excludes halogenated alkanes) is 7. The smallest absolute Gasteiger partial charge is 0.490 e. The predicted octanol–water partition coefficient (Wildman–Crippen LogP) is 7.85. The van der Waals surface area contributed by atoms with E-state index in [1.165, 1.54) is 44.9 Å². The average Bonchev–Trinajstić information content (AvgIpc) is 2.85. The number of fused-ring (bicyclic) bond motifs is 1. The Morgan fingerprint density at radius 3 is 2.11 bits per heavy atom. The molecule has 6 nitrogen and oxygen atoms in total. The van der Waals surface area contributed by atoms with Gasteiger partial charge in [-0.05, 0) is 46.6 Å². The van der Waals surface area contributed by atoms with Crippen molar-refractivity contribution in [2.45, 2.75) is 82.2 Å². The Morgan fingerprint density at radius 2 is 1.51 bits per heavy atom. The molecular formula is C27H44BrNO5Si. The highest BCUT2D eigenvalue weighted by atomic mass is 79.9. The highest BCUT2D eigenvalue weighted by Crippen LogP contribution is 2.46. The van der Waals surface area contributed by atoms with E-state index < -0.39 is 12.9 Å². The van der Waals surface area contributed by atoms with Crippen molar-refractivity contribution in [2.75, 3.05) is 33.3 Å². The van der Waals surface area contributed by atoms with E-state index in [0.29, 0.717) is 24.5 Å². The molecule has 1 unspecified atom stereocenters. The van der Waals surface area contributed by atoms with Crippen LogP contribution in [0.2, 0.25) is 0 Å². The van der Waals surface area contributed by atoms with E-state index in [1.54, 1.807) is 21.3 Å². The molecule has 0 aliphatic carbocycles. The lowest BCUT2D eigenvalue weighted by atomic mass is 10.1. The van der Waals surface area contributed by atoms with Crippen LogP contribution in [0.1, 0.15) is 83.6 Å². The Kier molecular flexibility index (Phi) is 12.9. The summed E-state index contributed by atoms with van der Waals surface area (Å²) in [5.74, 6) is 1.32. The van der Waals surface area contributed by atoms with E-state index >= 15 is 0 Å². The van der Waals surface area contributed by atoms with Crippen molar-refractivity contribution < 1.29 is 22.8 Å². The molecule has 35 heavy (non-hydrogen) atoms. The molecule has 0 spiro atoms. The van der Waals surface area contributed by atoms with E-state index in [0.717, 1.165) is 29.8 Å². The summed E-state index contributed by atoms with van der Waals surface area (Å²) in [5, 5.41) is 3.32. The monoisotopic (exact) mass is 569 g/mol. The van der Waals surface area contributed by atoms with Crippen molar-refractivity contribution in [1.82, 2.24) is 0 Å². The Labute approximate surface area is 221 Å². The maximum absolute atomic E-state index is 6.74. The molecule has 0 saturated heterocycles. The molecular weight excluding hydrogens is 526 g/mol. The van der Waals surface area contributed by atoms with E-state index in [4.69, 9.17) is 22.8 Å². The molecule has 1 atom stereocenters. The van der Waals surface area contributed by atoms with Crippen LogP contribution in [0.25, 0.3) is 6.08 Å². The lowest BCUT2D eigenvalue weighted by molar-refractivity contribution is 0.0520. The van der Waals surface area contributed by atoms with Gasteiger partial charge < -0.3 is 28.1 Å². The summed E-state index contributed by atoms with van der Waals surface area (Å²) in [4.78, 5) is 0. The SMILES string of the molecule is C=C1C=Cc2c(ccc(OCCCCCCCCCC)c2OC(Br)(CCC)[Si](OC)(OC)OC)N1. The van der Waals surface area contributed by atoms with Crippen LogP contribution in [-0.2, 0) is 13.3 Å². The molecule has 0 aromatic heterocycles. The zero-order chi connectivity index (χ0) is 25.7. The number of alkyl halides is 1. The molecule has 1 aromatic rings. The first-order valence-electron chi connectivity index (χ1n) is 12.9. The molecule has 1 aliphatic heterocycles. The molecule has 8 heteroatoms. The van der Waals surface area contributed by atoms with Crippen molar-refractivity contribution >= 4 is 36.5 Å². The Balaban J connectivity index is 2.22. The number of anilines is 1.